The molecule has 0 aromatic carbocycles. The average Bonchev–Trinajstić information content (AvgIpc) is 3.28. The molecule has 28 heavy (non-hydrogen) atoms. The molecule has 0 spiro atoms. The van der Waals surface area contributed by atoms with Gasteiger partial charge < -0.3 is 19.1 Å². The van der Waals surface area contributed by atoms with Crippen molar-refractivity contribution in [2.75, 3.05) is 44.2 Å². The fourth-order valence-corrected chi connectivity index (χ4v) is 3.99. The van der Waals surface area contributed by atoms with Gasteiger partial charge in [0.25, 0.3) is 11.8 Å². The lowest BCUT2D eigenvalue weighted by Gasteiger charge is -2.36. The van der Waals surface area contributed by atoms with E-state index in [9.17, 15) is 9.59 Å². The molecule has 0 aliphatic carbocycles. The van der Waals surface area contributed by atoms with Crippen LogP contribution in [0.25, 0.3) is 0 Å². The molecule has 1 atom stereocenters. The van der Waals surface area contributed by atoms with Crippen LogP contribution >= 0.6 is 0 Å². The van der Waals surface area contributed by atoms with Gasteiger partial charge in [-0.05, 0) is 43.0 Å². The smallest absolute Gasteiger partial charge is 0.289 e. The van der Waals surface area contributed by atoms with E-state index >= 15 is 0 Å². The van der Waals surface area contributed by atoms with Gasteiger partial charge in [-0.25, -0.2) is 0 Å². The first-order valence-corrected chi connectivity index (χ1v) is 9.95. The van der Waals surface area contributed by atoms with Crippen molar-refractivity contribution in [3.8, 4) is 0 Å². The quantitative estimate of drug-likeness (QED) is 0.816. The van der Waals surface area contributed by atoms with Gasteiger partial charge in [0.1, 0.15) is 5.69 Å². The molecule has 2 saturated heterocycles. The molecule has 2 aromatic rings. The van der Waals surface area contributed by atoms with Crippen molar-refractivity contribution in [3.63, 3.8) is 0 Å². The standard InChI is InChI=1S/C21H26N4O3/c1-16-4-2-8-25(15-16)20(26)18-14-17(6-7-22-18)23-9-11-24(12-10-23)21(27)19-5-3-13-28-19/h3,5-7,13-14,16H,2,4,8-12,15H2,1H3. The van der Waals surface area contributed by atoms with Crippen LogP contribution in [-0.4, -0.2) is 65.9 Å². The first-order valence-electron chi connectivity index (χ1n) is 9.95. The van der Waals surface area contributed by atoms with Crippen molar-refractivity contribution in [2.24, 2.45) is 5.92 Å². The zero-order valence-electron chi connectivity index (χ0n) is 16.2. The molecule has 1 unspecified atom stereocenters. The van der Waals surface area contributed by atoms with Crippen LogP contribution in [0.4, 0.5) is 5.69 Å². The van der Waals surface area contributed by atoms with Crippen LogP contribution < -0.4 is 4.90 Å². The highest BCUT2D eigenvalue weighted by Crippen LogP contribution is 2.21. The van der Waals surface area contributed by atoms with Crippen molar-refractivity contribution in [1.29, 1.82) is 0 Å². The number of carbonyl (C=O) groups excluding carboxylic acids is 2. The summed E-state index contributed by atoms with van der Waals surface area (Å²) in [7, 11) is 0. The number of piperidine rings is 1. The summed E-state index contributed by atoms with van der Waals surface area (Å²) in [4.78, 5) is 35.5. The Balaban J connectivity index is 1.40. The third-order valence-corrected chi connectivity index (χ3v) is 5.57. The number of anilines is 1. The number of hydrogen-bond acceptors (Lipinski definition) is 5. The SMILES string of the molecule is CC1CCCN(C(=O)c2cc(N3CCN(C(=O)c4ccco4)CC3)ccn2)C1. The first-order chi connectivity index (χ1) is 13.6. The lowest BCUT2D eigenvalue weighted by atomic mass is 10.00. The molecule has 0 radical (unpaired) electrons. The van der Waals surface area contributed by atoms with E-state index in [4.69, 9.17) is 4.42 Å². The Morgan fingerprint density at radius 3 is 2.61 bits per heavy atom. The summed E-state index contributed by atoms with van der Waals surface area (Å²) in [6, 6.07) is 7.23. The van der Waals surface area contributed by atoms with Crippen LogP contribution in [0, 0.1) is 5.92 Å². The van der Waals surface area contributed by atoms with E-state index in [1.54, 1.807) is 23.2 Å². The number of nitrogens with zero attached hydrogens (tertiary/aromatic N) is 4. The van der Waals surface area contributed by atoms with Crippen LogP contribution in [-0.2, 0) is 0 Å². The molecular formula is C21H26N4O3. The molecule has 4 heterocycles. The minimum absolute atomic E-state index is 0.0139. The molecule has 2 amide bonds. The highest BCUT2D eigenvalue weighted by atomic mass is 16.3. The highest BCUT2D eigenvalue weighted by Gasteiger charge is 2.26. The second kappa shape index (κ2) is 8.04. The summed E-state index contributed by atoms with van der Waals surface area (Å²) >= 11 is 0. The average molecular weight is 382 g/mol. The summed E-state index contributed by atoms with van der Waals surface area (Å²) in [6.07, 6.45) is 5.45. The van der Waals surface area contributed by atoms with Gasteiger partial charge in [0.05, 0.1) is 6.26 Å². The summed E-state index contributed by atoms with van der Waals surface area (Å²) in [5.74, 6) is 0.858. The largest absolute Gasteiger partial charge is 0.459 e. The normalized spacial score (nSPS) is 20.3. The molecule has 0 N–H and O–H groups in total. The van der Waals surface area contributed by atoms with Crippen molar-refractivity contribution in [2.45, 2.75) is 19.8 Å². The van der Waals surface area contributed by atoms with Gasteiger partial charge in [-0.15, -0.1) is 0 Å². The minimum Gasteiger partial charge on any atom is -0.459 e. The Bertz CT molecular complexity index is 828. The zero-order valence-corrected chi connectivity index (χ0v) is 16.2. The van der Waals surface area contributed by atoms with Gasteiger partial charge in [-0.2, -0.15) is 0 Å². The van der Waals surface area contributed by atoms with E-state index in [-0.39, 0.29) is 11.8 Å². The summed E-state index contributed by atoms with van der Waals surface area (Å²) in [6.45, 7) is 6.47. The molecule has 4 rings (SSSR count). The predicted octanol–water partition coefficient (Wildman–Crippen LogP) is 2.51. The molecule has 2 aromatic heterocycles. The fourth-order valence-electron chi connectivity index (χ4n) is 3.99. The second-order valence-corrected chi connectivity index (χ2v) is 7.65. The van der Waals surface area contributed by atoms with Crippen LogP contribution in [0.5, 0.6) is 0 Å². The lowest BCUT2D eigenvalue weighted by Crippen LogP contribution is -2.48. The number of likely N-dealkylation sites (tertiary alicyclic amines) is 1. The highest BCUT2D eigenvalue weighted by molar-refractivity contribution is 5.93. The lowest BCUT2D eigenvalue weighted by molar-refractivity contribution is 0.0676. The van der Waals surface area contributed by atoms with Gasteiger partial charge >= 0.3 is 0 Å². The van der Waals surface area contributed by atoms with E-state index in [2.05, 4.69) is 16.8 Å². The van der Waals surface area contributed by atoms with E-state index < -0.39 is 0 Å². The Morgan fingerprint density at radius 1 is 1.07 bits per heavy atom. The van der Waals surface area contributed by atoms with Crippen LogP contribution in [0.2, 0.25) is 0 Å². The zero-order chi connectivity index (χ0) is 19.5. The number of piperazine rings is 1. The number of furan rings is 1. The summed E-state index contributed by atoms with van der Waals surface area (Å²) < 4.78 is 5.21. The van der Waals surface area contributed by atoms with Gasteiger partial charge in [-0.1, -0.05) is 6.92 Å². The number of carbonyl (C=O) groups is 2. The second-order valence-electron chi connectivity index (χ2n) is 7.65. The molecule has 0 saturated carbocycles. The number of amides is 2. The first kappa shape index (κ1) is 18.5. The summed E-state index contributed by atoms with van der Waals surface area (Å²) in [5, 5.41) is 0. The Hall–Kier alpha value is -2.83. The molecule has 2 aliphatic heterocycles. The minimum atomic E-state index is -0.0746. The van der Waals surface area contributed by atoms with Crippen molar-refractivity contribution < 1.29 is 14.0 Å². The third-order valence-electron chi connectivity index (χ3n) is 5.57. The Labute approximate surface area is 164 Å². The maximum atomic E-state index is 12.8. The van der Waals surface area contributed by atoms with E-state index in [1.165, 1.54) is 12.7 Å². The molecule has 7 heteroatoms. The van der Waals surface area contributed by atoms with E-state index in [0.29, 0.717) is 43.6 Å². The maximum absolute atomic E-state index is 12.8. The monoisotopic (exact) mass is 382 g/mol. The molecule has 7 nitrogen and oxygen atoms in total. The molecular weight excluding hydrogens is 356 g/mol. The predicted molar refractivity (Wildman–Crippen MR) is 105 cm³/mol. The Kier molecular flexibility index (Phi) is 5.32. The van der Waals surface area contributed by atoms with Gasteiger partial charge in [0.15, 0.2) is 5.76 Å². The molecule has 2 fully saturated rings. The van der Waals surface area contributed by atoms with Crippen LogP contribution in [0.1, 0.15) is 40.8 Å². The number of pyridine rings is 1. The molecule has 148 valence electrons. The summed E-state index contributed by atoms with van der Waals surface area (Å²) in [5.41, 5.74) is 1.48. The van der Waals surface area contributed by atoms with Crippen LogP contribution in [0.15, 0.2) is 41.1 Å². The van der Waals surface area contributed by atoms with Gasteiger partial charge in [0, 0.05) is 51.2 Å². The third kappa shape index (κ3) is 3.88. The van der Waals surface area contributed by atoms with E-state index in [1.807, 2.05) is 17.0 Å². The van der Waals surface area contributed by atoms with Crippen molar-refractivity contribution in [1.82, 2.24) is 14.8 Å². The number of aromatic nitrogens is 1. The van der Waals surface area contributed by atoms with E-state index in [0.717, 1.165) is 25.2 Å². The topological polar surface area (TPSA) is 69.9 Å². The van der Waals surface area contributed by atoms with Gasteiger partial charge in [-0.3, -0.25) is 14.6 Å². The fraction of sp³-hybridized carbons (Fsp3) is 0.476. The van der Waals surface area contributed by atoms with Crippen molar-refractivity contribution >= 4 is 17.5 Å². The van der Waals surface area contributed by atoms with Crippen molar-refractivity contribution in [3.05, 3.63) is 48.2 Å². The molecule has 2 aliphatic rings. The molecule has 0 bridgehead atoms. The maximum Gasteiger partial charge on any atom is 0.289 e. The number of rotatable bonds is 3. The Morgan fingerprint density at radius 2 is 1.89 bits per heavy atom. The van der Waals surface area contributed by atoms with Gasteiger partial charge in [0.2, 0.25) is 0 Å². The number of hydrogen-bond donors (Lipinski definition) is 0. The van der Waals surface area contributed by atoms with Crippen LogP contribution in [0.3, 0.4) is 0 Å².